The molecule has 0 aromatic heterocycles. The number of thioether (sulfide) groups is 1. The van der Waals surface area contributed by atoms with Gasteiger partial charge in [-0.15, -0.1) is 0 Å². The number of carbonyl (C=O) groups is 1. The first kappa shape index (κ1) is 22.5. The maximum atomic E-state index is 12.2. The summed E-state index contributed by atoms with van der Waals surface area (Å²) in [5, 5.41) is 1.36. The van der Waals surface area contributed by atoms with Gasteiger partial charge in [-0.05, 0) is 42.3 Å². The molecule has 0 aliphatic rings. The number of hydrogen-bond acceptors (Lipinski definition) is 5. The van der Waals surface area contributed by atoms with Crippen LogP contribution in [0.2, 0.25) is 10.0 Å². The second-order valence-corrected chi connectivity index (χ2v) is 8.19. The van der Waals surface area contributed by atoms with Crippen LogP contribution in [0.5, 0.6) is 0 Å². The highest BCUT2D eigenvalue weighted by Crippen LogP contribution is 2.20. The molecule has 28 heavy (non-hydrogen) atoms. The number of rotatable bonds is 9. The van der Waals surface area contributed by atoms with Gasteiger partial charge in [0.05, 0.1) is 7.11 Å². The third-order valence-corrected chi connectivity index (χ3v) is 5.59. The first-order valence-electron chi connectivity index (χ1n) is 8.65. The topological polar surface area (TPSA) is 51.0 Å². The summed E-state index contributed by atoms with van der Waals surface area (Å²) in [6.07, 6.45) is 3.49. The molecule has 0 unspecified atom stereocenters. The zero-order chi connectivity index (χ0) is 20.4. The molecule has 1 atom stereocenters. The second kappa shape index (κ2) is 11.2. The fraction of sp³-hybridized carbons (Fsp3) is 0.286. The van der Waals surface area contributed by atoms with E-state index < -0.39 is 5.54 Å². The van der Waals surface area contributed by atoms with E-state index in [1.165, 1.54) is 7.11 Å². The van der Waals surface area contributed by atoms with E-state index in [2.05, 4.69) is 9.98 Å². The molecule has 0 aliphatic carbocycles. The Hall–Kier alpha value is -1.82. The van der Waals surface area contributed by atoms with Gasteiger partial charge in [-0.1, -0.05) is 47.5 Å². The lowest BCUT2D eigenvalue weighted by atomic mass is 10.1. The largest absolute Gasteiger partial charge is 0.467 e. The molecule has 0 saturated carbocycles. The molecule has 0 bridgehead atoms. The molecule has 0 radical (unpaired) electrons. The summed E-state index contributed by atoms with van der Waals surface area (Å²) in [5.74, 6) is 0.905. The van der Waals surface area contributed by atoms with Crippen LogP contribution < -0.4 is 0 Å². The first-order chi connectivity index (χ1) is 13.4. The van der Waals surface area contributed by atoms with E-state index >= 15 is 0 Å². The number of carbonyl (C=O) groups excluding carboxylic acids is 1. The molecular weight excluding hydrogens is 415 g/mol. The summed E-state index contributed by atoms with van der Waals surface area (Å²) in [6, 6.07) is 14.8. The van der Waals surface area contributed by atoms with Gasteiger partial charge in [0, 0.05) is 40.5 Å². The van der Waals surface area contributed by atoms with Crippen LogP contribution in [0.25, 0.3) is 0 Å². The van der Waals surface area contributed by atoms with Gasteiger partial charge in [0.25, 0.3) is 0 Å². The van der Waals surface area contributed by atoms with Crippen molar-refractivity contribution < 1.29 is 9.53 Å². The highest BCUT2D eigenvalue weighted by Gasteiger charge is 2.33. The minimum Gasteiger partial charge on any atom is -0.467 e. The Bertz CT molecular complexity index is 823. The van der Waals surface area contributed by atoms with Gasteiger partial charge in [-0.3, -0.25) is 9.98 Å². The Morgan fingerprint density at radius 3 is 2.11 bits per heavy atom. The maximum absolute atomic E-state index is 12.2. The van der Waals surface area contributed by atoms with Gasteiger partial charge in [-0.25, -0.2) is 4.79 Å². The number of halogens is 2. The van der Waals surface area contributed by atoms with Crippen LogP contribution in [-0.2, 0) is 9.53 Å². The predicted octanol–water partition coefficient (Wildman–Crippen LogP) is 5.20. The SMILES string of the molecule is COC(=O)[C@](C)(CSCCN=Cc1ccc(Cl)cc1)N=Cc1ccc(Cl)cc1. The van der Waals surface area contributed by atoms with Gasteiger partial charge >= 0.3 is 5.97 Å². The molecular formula is C21H22Cl2N2O2S. The molecule has 0 aliphatic heterocycles. The van der Waals surface area contributed by atoms with Crippen LogP contribution in [0.4, 0.5) is 0 Å². The molecule has 2 rings (SSSR count). The molecule has 0 heterocycles. The minimum atomic E-state index is -0.959. The molecule has 148 valence electrons. The van der Waals surface area contributed by atoms with Crippen molar-refractivity contribution in [2.75, 3.05) is 25.2 Å². The molecule has 0 saturated heterocycles. The van der Waals surface area contributed by atoms with Gasteiger partial charge in [0.1, 0.15) is 0 Å². The first-order valence-corrected chi connectivity index (χ1v) is 10.6. The van der Waals surface area contributed by atoms with Crippen molar-refractivity contribution in [1.29, 1.82) is 0 Å². The number of hydrogen-bond donors (Lipinski definition) is 0. The Balaban J connectivity index is 1.88. The van der Waals surface area contributed by atoms with Crippen molar-refractivity contribution in [3.63, 3.8) is 0 Å². The number of benzene rings is 2. The van der Waals surface area contributed by atoms with Crippen LogP contribution in [0.15, 0.2) is 58.5 Å². The van der Waals surface area contributed by atoms with E-state index in [0.717, 1.165) is 16.9 Å². The van der Waals surface area contributed by atoms with Crippen molar-refractivity contribution in [1.82, 2.24) is 0 Å². The lowest BCUT2D eigenvalue weighted by Crippen LogP contribution is -2.37. The third-order valence-electron chi connectivity index (χ3n) is 3.85. The Kier molecular flexibility index (Phi) is 9.03. The van der Waals surface area contributed by atoms with E-state index in [9.17, 15) is 4.79 Å². The molecule has 0 fully saturated rings. The predicted molar refractivity (Wildman–Crippen MR) is 121 cm³/mol. The highest BCUT2D eigenvalue weighted by atomic mass is 35.5. The normalized spacial score (nSPS) is 13.7. The average molecular weight is 437 g/mol. The lowest BCUT2D eigenvalue weighted by molar-refractivity contribution is -0.145. The zero-order valence-electron chi connectivity index (χ0n) is 15.8. The van der Waals surface area contributed by atoms with Crippen LogP contribution in [0, 0.1) is 0 Å². The fourth-order valence-electron chi connectivity index (χ4n) is 2.24. The zero-order valence-corrected chi connectivity index (χ0v) is 18.1. The summed E-state index contributed by atoms with van der Waals surface area (Å²) in [4.78, 5) is 21.1. The van der Waals surface area contributed by atoms with E-state index in [4.69, 9.17) is 27.9 Å². The molecule has 4 nitrogen and oxygen atoms in total. The standard InChI is InChI=1S/C21H22Cl2N2O2S/c1-21(20(26)27-2,25-14-17-5-9-19(23)10-6-17)15-28-12-11-24-13-16-3-7-18(22)8-4-16/h3-10,13-14H,11-12,15H2,1-2H3/t21-/m0/s1. The monoisotopic (exact) mass is 436 g/mol. The Morgan fingerprint density at radius 2 is 1.57 bits per heavy atom. The summed E-state index contributed by atoms with van der Waals surface area (Å²) in [6.45, 7) is 2.42. The molecule has 0 N–H and O–H groups in total. The summed E-state index contributed by atoms with van der Waals surface area (Å²) < 4.78 is 4.94. The van der Waals surface area contributed by atoms with Crippen LogP contribution in [0.1, 0.15) is 18.1 Å². The number of nitrogens with zero attached hydrogens (tertiary/aromatic N) is 2. The second-order valence-electron chi connectivity index (χ2n) is 6.21. The van der Waals surface area contributed by atoms with Crippen LogP contribution >= 0.6 is 35.0 Å². The summed E-state index contributed by atoms with van der Waals surface area (Å²) >= 11 is 13.4. The smallest absolute Gasteiger partial charge is 0.334 e. The third kappa shape index (κ3) is 7.30. The van der Waals surface area contributed by atoms with Crippen molar-refractivity contribution in [3.05, 3.63) is 69.7 Å². The van der Waals surface area contributed by atoms with Gasteiger partial charge in [-0.2, -0.15) is 11.8 Å². The quantitative estimate of drug-likeness (QED) is 0.308. The maximum Gasteiger partial charge on any atom is 0.334 e. The highest BCUT2D eigenvalue weighted by molar-refractivity contribution is 7.99. The van der Waals surface area contributed by atoms with E-state index in [-0.39, 0.29) is 5.97 Å². The number of esters is 1. The fourth-order valence-corrected chi connectivity index (χ4v) is 3.46. The summed E-state index contributed by atoms with van der Waals surface area (Å²) in [7, 11) is 1.37. The number of ether oxygens (including phenoxy) is 1. The van der Waals surface area contributed by atoms with Crippen molar-refractivity contribution >= 4 is 53.4 Å². The van der Waals surface area contributed by atoms with Gasteiger partial charge in [0.2, 0.25) is 0 Å². The minimum absolute atomic E-state index is 0.366. The number of methoxy groups -OCH3 is 1. The number of aliphatic imine (C=N–C) groups is 2. The lowest BCUT2D eigenvalue weighted by Gasteiger charge is -2.21. The Morgan fingerprint density at radius 1 is 1.04 bits per heavy atom. The van der Waals surface area contributed by atoms with Gasteiger partial charge < -0.3 is 4.74 Å². The van der Waals surface area contributed by atoms with E-state index in [0.29, 0.717) is 22.3 Å². The average Bonchev–Trinajstić information content (AvgIpc) is 2.71. The molecule has 2 aromatic rings. The van der Waals surface area contributed by atoms with Crippen molar-refractivity contribution in [2.24, 2.45) is 9.98 Å². The molecule has 2 aromatic carbocycles. The van der Waals surface area contributed by atoms with Crippen molar-refractivity contribution in [2.45, 2.75) is 12.5 Å². The molecule has 0 amide bonds. The van der Waals surface area contributed by atoms with Gasteiger partial charge in [0.15, 0.2) is 5.54 Å². The summed E-state index contributed by atoms with van der Waals surface area (Å²) in [5.41, 5.74) is 0.914. The van der Waals surface area contributed by atoms with Crippen LogP contribution in [0.3, 0.4) is 0 Å². The van der Waals surface area contributed by atoms with Crippen molar-refractivity contribution in [3.8, 4) is 0 Å². The molecule has 7 heteroatoms. The van der Waals surface area contributed by atoms with Crippen LogP contribution in [-0.4, -0.2) is 49.1 Å². The Labute approximate surface area is 180 Å². The molecule has 0 spiro atoms. The van der Waals surface area contributed by atoms with E-state index in [1.54, 1.807) is 37.0 Å². The van der Waals surface area contributed by atoms with E-state index in [1.807, 2.05) is 42.6 Å².